The van der Waals surface area contributed by atoms with Gasteiger partial charge in [0.25, 0.3) is 0 Å². The molecule has 0 spiro atoms. The van der Waals surface area contributed by atoms with Crippen LogP contribution in [0, 0.1) is 11.8 Å². The molecule has 13 heavy (non-hydrogen) atoms. The molecular formula is C10H18O2S. The van der Waals surface area contributed by atoms with E-state index in [0.29, 0.717) is 5.92 Å². The van der Waals surface area contributed by atoms with Crippen LogP contribution in [0.25, 0.3) is 0 Å². The Balaban J connectivity index is 2.74. The maximum absolute atomic E-state index is 11.0. The topological polar surface area (TPSA) is 37.3 Å². The van der Waals surface area contributed by atoms with E-state index in [1.165, 1.54) is 0 Å². The van der Waals surface area contributed by atoms with Gasteiger partial charge in [0.2, 0.25) is 0 Å². The monoisotopic (exact) mass is 202 g/mol. The van der Waals surface area contributed by atoms with Gasteiger partial charge in [-0.15, -0.1) is 0 Å². The number of carbonyl (C=O) groups is 1. The first kappa shape index (κ1) is 10.9. The van der Waals surface area contributed by atoms with E-state index in [0.717, 1.165) is 18.6 Å². The molecule has 0 aromatic heterocycles. The van der Waals surface area contributed by atoms with Crippen LogP contribution in [0.2, 0.25) is 0 Å². The molecule has 0 saturated carbocycles. The molecule has 2 atom stereocenters. The van der Waals surface area contributed by atoms with Crippen molar-refractivity contribution in [1.29, 1.82) is 0 Å². The quantitative estimate of drug-likeness (QED) is 0.764. The summed E-state index contributed by atoms with van der Waals surface area (Å²) >= 11 is 1.91. The zero-order chi connectivity index (χ0) is 10.1. The first-order valence-electron chi connectivity index (χ1n) is 4.85. The van der Waals surface area contributed by atoms with Crippen molar-refractivity contribution >= 4 is 17.7 Å². The second kappa shape index (κ2) is 3.91. The van der Waals surface area contributed by atoms with E-state index in [-0.39, 0.29) is 10.7 Å². The molecule has 1 aliphatic rings. The Labute approximate surface area is 84.1 Å². The summed E-state index contributed by atoms with van der Waals surface area (Å²) in [6, 6.07) is 0. The molecule has 1 rings (SSSR count). The van der Waals surface area contributed by atoms with E-state index in [1.54, 1.807) is 0 Å². The Hall–Kier alpha value is -0.180. The van der Waals surface area contributed by atoms with E-state index in [4.69, 9.17) is 5.11 Å². The molecule has 0 amide bonds. The van der Waals surface area contributed by atoms with Gasteiger partial charge in [0.15, 0.2) is 0 Å². The average molecular weight is 202 g/mol. The third-order valence-electron chi connectivity index (χ3n) is 3.04. The van der Waals surface area contributed by atoms with Crippen molar-refractivity contribution in [3.63, 3.8) is 0 Å². The molecule has 0 aromatic rings. The molecule has 0 bridgehead atoms. The SMILES string of the molecule is CCC(C(=O)O)C1CCSC1(C)C. The minimum Gasteiger partial charge on any atom is -0.481 e. The fourth-order valence-electron chi connectivity index (χ4n) is 2.22. The molecule has 76 valence electrons. The van der Waals surface area contributed by atoms with Crippen LogP contribution >= 0.6 is 11.8 Å². The fourth-order valence-corrected chi connectivity index (χ4v) is 3.61. The van der Waals surface area contributed by atoms with Gasteiger partial charge in [0.05, 0.1) is 5.92 Å². The summed E-state index contributed by atoms with van der Waals surface area (Å²) in [6.45, 7) is 6.31. The Bertz CT molecular complexity index is 201. The van der Waals surface area contributed by atoms with E-state index >= 15 is 0 Å². The van der Waals surface area contributed by atoms with Gasteiger partial charge in [0.1, 0.15) is 0 Å². The summed E-state index contributed by atoms with van der Waals surface area (Å²) in [6.07, 6.45) is 1.81. The maximum Gasteiger partial charge on any atom is 0.306 e. The summed E-state index contributed by atoms with van der Waals surface area (Å²) in [5.74, 6) is 0.689. The predicted octanol–water partition coefficient (Wildman–Crippen LogP) is 2.63. The minimum atomic E-state index is -0.622. The summed E-state index contributed by atoms with van der Waals surface area (Å²) in [5, 5.41) is 9.06. The van der Waals surface area contributed by atoms with Crippen molar-refractivity contribution < 1.29 is 9.90 Å². The summed E-state index contributed by atoms with van der Waals surface area (Å²) in [7, 11) is 0. The van der Waals surface area contributed by atoms with Gasteiger partial charge in [-0.05, 0) is 24.5 Å². The zero-order valence-corrected chi connectivity index (χ0v) is 9.36. The molecule has 2 nitrogen and oxygen atoms in total. The lowest BCUT2D eigenvalue weighted by Crippen LogP contribution is -2.33. The van der Waals surface area contributed by atoms with Gasteiger partial charge in [-0.1, -0.05) is 20.8 Å². The Morgan fingerprint density at radius 3 is 2.62 bits per heavy atom. The number of hydrogen-bond donors (Lipinski definition) is 1. The van der Waals surface area contributed by atoms with Gasteiger partial charge >= 0.3 is 5.97 Å². The Morgan fingerprint density at radius 2 is 2.31 bits per heavy atom. The van der Waals surface area contributed by atoms with Crippen molar-refractivity contribution in [3.8, 4) is 0 Å². The number of carboxylic acid groups (broad SMARTS) is 1. The van der Waals surface area contributed by atoms with Gasteiger partial charge < -0.3 is 5.11 Å². The van der Waals surface area contributed by atoms with Crippen LogP contribution in [-0.2, 0) is 4.79 Å². The van der Waals surface area contributed by atoms with Gasteiger partial charge in [-0.3, -0.25) is 4.79 Å². The molecule has 1 N–H and O–H groups in total. The van der Waals surface area contributed by atoms with Crippen LogP contribution in [0.15, 0.2) is 0 Å². The molecule has 1 saturated heterocycles. The van der Waals surface area contributed by atoms with Crippen LogP contribution in [0.1, 0.15) is 33.6 Å². The zero-order valence-electron chi connectivity index (χ0n) is 8.54. The van der Waals surface area contributed by atoms with Crippen molar-refractivity contribution in [2.24, 2.45) is 11.8 Å². The molecular weight excluding hydrogens is 184 g/mol. The van der Waals surface area contributed by atoms with E-state index in [1.807, 2.05) is 18.7 Å². The third-order valence-corrected chi connectivity index (χ3v) is 4.53. The highest BCUT2D eigenvalue weighted by atomic mass is 32.2. The highest BCUT2D eigenvalue weighted by molar-refractivity contribution is 8.00. The summed E-state index contributed by atoms with van der Waals surface area (Å²) in [4.78, 5) is 11.0. The summed E-state index contributed by atoms with van der Waals surface area (Å²) in [5.41, 5.74) is 0. The van der Waals surface area contributed by atoms with Crippen LogP contribution in [0.5, 0.6) is 0 Å². The molecule has 0 radical (unpaired) electrons. The first-order valence-corrected chi connectivity index (χ1v) is 5.84. The lowest BCUT2D eigenvalue weighted by molar-refractivity contribution is -0.144. The van der Waals surface area contributed by atoms with E-state index in [9.17, 15) is 4.79 Å². The molecule has 2 unspecified atom stereocenters. The standard InChI is InChI=1S/C10H18O2S/c1-4-7(9(11)12)8-5-6-13-10(8,2)3/h7-8H,4-6H2,1-3H3,(H,11,12). The van der Waals surface area contributed by atoms with Crippen LogP contribution < -0.4 is 0 Å². The van der Waals surface area contributed by atoms with Crippen LogP contribution in [0.4, 0.5) is 0 Å². The van der Waals surface area contributed by atoms with Crippen molar-refractivity contribution in [1.82, 2.24) is 0 Å². The van der Waals surface area contributed by atoms with Gasteiger partial charge in [-0.25, -0.2) is 0 Å². The molecule has 0 aliphatic carbocycles. The van der Waals surface area contributed by atoms with E-state index < -0.39 is 5.97 Å². The van der Waals surface area contributed by atoms with Gasteiger partial charge in [0, 0.05) is 4.75 Å². The second-order valence-corrected chi connectivity index (χ2v) is 5.95. The van der Waals surface area contributed by atoms with E-state index in [2.05, 4.69) is 13.8 Å². The van der Waals surface area contributed by atoms with Crippen molar-refractivity contribution in [3.05, 3.63) is 0 Å². The molecule has 1 fully saturated rings. The molecule has 0 aromatic carbocycles. The molecule has 1 aliphatic heterocycles. The number of carboxylic acids is 1. The minimum absolute atomic E-state index is 0.148. The Kier molecular flexibility index (Phi) is 3.28. The third kappa shape index (κ3) is 2.19. The second-order valence-electron chi connectivity index (χ2n) is 4.20. The smallest absolute Gasteiger partial charge is 0.306 e. The maximum atomic E-state index is 11.0. The van der Waals surface area contributed by atoms with Crippen LogP contribution in [-0.4, -0.2) is 21.6 Å². The number of aliphatic carboxylic acids is 1. The number of hydrogen-bond acceptors (Lipinski definition) is 2. The number of thioether (sulfide) groups is 1. The van der Waals surface area contributed by atoms with Gasteiger partial charge in [-0.2, -0.15) is 11.8 Å². The van der Waals surface area contributed by atoms with Crippen molar-refractivity contribution in [2.45, 2.75) is 38.4 Å². The molecule has 1 heterocycles. The molecule has 3 heteroatoms. The average Bonchev–Trinajstić information content (AvgIpc) is 2.32. The normalized spacial score (nSPS) is 28.7. The predicted molar refractivity (Wildman–Crippen MR) is 56.1 cm³/mol. The lowest BCUT2D eigenvalue weighted by atomic mass is 9.80. The summed E-state index contributed by atoms with van der Waals surface area (Å²) < 4.78 is 0.152. The largest absolute Gasteiger partial charge is 0.481 e. The first-order chi connectivity index (χ1) is 5.99. The Morgan fingerprint density at radius 1 is 1.69 bits per heavy atom. The highest BCUT2D eigenvalue weighted by Gasteiger charge is 2.42. The number of rotatable bonds is 3. The fraction of sp³-hybridized carbons (Fsp3) is 0.900. The van der Waals surface area contributed by atoms with Crippen LogP contribution in [0.3, 0.4) is 0 Å². The highest BCUT2D eigenvalue weighted by Crippen LogP contribution is 2.46. The van der Waals surface area contributed by atoms with Crippen molar-refractivity contribution in [2.75, 3.05) is 5.75 Å². The lowest BCUT2D eigenvalue weighted by Gasteiger charge is -2.30.